The zero-order valence-corrected chi connectivity index (χ0v) is 9.36. The number of nitrogens with one attached hydrogen (secondary N) is 1. The minimum absolute atomic E-state index is 0.0803. The Balaban J connectivity index is 1.60. The Morgan fingerprint density at radius 2 is 2.06 bits per heavy atom. The molecule has 1 aromatic carbocycles. The third-order valence-corrected chi connectivity index (χ3v) is 2.96. The molecular weight excluding hydrogens is 200 g/mol. The van der Waals surface area contributed by atoms with Crippen molar-refractivity contribution < 1.29 is 4.79 Å². The van der Waals surface area contributed by atoms with E-state index in [1.165, 1.54) is 5.56 Å². The highest BCUT2D eigenvalue weighted by molar-refractivity contribution is 5.82. The predicted molar refractivity (Wildman–Crippen MR) is 63.9 cm³/mol. The molecule has 3 heteroatoms. The fourth-order valence-corrected chi connectivity index (χ4v) is 1.80. The van der Waals surface area contributed by atoms with Crippen LogP contribution in [0.2, 0.25) is 0 Å². The monoisotopic (exact) mass is 218 g/mol. The number of hydrogen-bond acceptors (Lipinski definition) is 2. The van der Waals surface area contributed by atoms with Crippen molar-refractivity contribution in [3.05, 3.63) is 35.9 Å². The summed E-state index contributed by atoms with van der Waals surface area (Å²) in [6.45, 7) is 0.747. The van der Waals surface area contributed by atoms with Crippen molar-refractivity contribution in [1.29, 1.82) is 0 Å². The Hall–Kier alpha value is -1.35. The number of aryl methyl sites for hydroxylation is 1. The molecule has 1 saturated carbocycles. The average molecular weight is 218 g/mol. The molecule has 2 atom stereocenters. The van der Waals surface area contributed by atoms with Gasteiger partial charge >= 0.3 is 0 Å². The van der Waals surface area contributed by atoms with Crippen molar-refractivity contribution in [2.45, 2.75) is 25.3 Å². The molecule has 0 spiro atoms. The summed E-state index contributed by atoms with van der Waals surface area (Å²) in [5.41, 5.74) is 6.92. The van der Waals surface area contributed by atoms with E-state index in [4.69, 9.17) is 5.73 Å². The lowest BCUT2D eigenvalue weighted by Gasteiger charge is -2.04. The maximum absolute atomic E-state index is 11.4. The standard InChI is InChI=1S/C13H18N2O/c14-12-9-11(12)13(16)15-8-4-7-10-5-2-1-3-6-10/h1-3,5-6,11-12H,4,7-9,14H2,(H,15,16). The number of carbonyl (C=O) groups is 1. The highest BCUT2D eigenvalue weighted by Gasteiger charge is 2.39. The molecule has 2 rings (SSSR count). The maximum Gasteiger partial charge on any atom is 0.224 e. The van der Waals surface area contributed by atoms with Crippen LogP contribution < -0.4 is 11.1 Å². The van der Waals surface area contributed by atoms with Crippen LogP contribution in [0.1, 0.15) is 18.4 Å². The van der Waals surface area contributed by atoms with E-state index in [1.54, 1.807) is 0 Å². The van der Waals surface area contributed by atoms with Gasteiger partial charge in [-0.3, -0.25) is 4.79 Å². The predicted octanol–water partition coefficient (Wildman–Crippen LogP) is 1.08. The Bertz CT molecular complexity index is 350. The fourth-order valence-electron chi connectivity index (χ4n) is 1.80. The first kappa shape index (κ1) is 11.1. The zero-order chi connectivity index (χ0) is 11.4. The summed E-state index contributed by atoms with van der Waals surface area (Å²) in [6.07, 6.45) is 2.85. The molecule has 0 heterocycles. The Kier molecular flexibility index (Phi) is 3.57. The molecule has 0 saturated heterocycles. The molecule has 1 amide bonds. The van der Waals surface area contributed by atoms with Crippen molar-refractivity contribution in [3.8, 4) is 0 Å². The molecule has 1 aliphatic rings. The van der Waals surface area contributed by atoms with E-state index in [-0.39, 0.29) is 17.9 Å². The van der Waals surface area contributed by atoms with E-state index in [0.29, 0.717) is 0 Å². The first-order valence-corrected chi connectivity index (χ1v) is 5.84. The van der Waals surface area contributed by atoms with Gasteiger partial charge in [-0.1, -0.05) is 30.3 Å². The van der Waals surface area contributed by atoms with Gasteiger partial charge in [0.05, 0.1) is 5.92 Å². The molecule has 1 fully saturated rings. The maximum atomic E-state index is 11.4. The largest absolute Gasteiger partial charge is 0.356 e. The number of hydrogen-bond donors (Lipinski definition) is 2. The van der Waals surface area contributed by atoms with Crippen LogP contribution >= 0.6 is 0 Å². The van der Waals surface area contributed by atoms with Gasteiger partial charge in [0, 0.05) is 12.6 Å². The molecule has 0 aromatic heterocycles. The number of amides is 1. The minimum atomic E-state index is 0.0803. The second kappa shape index (κ2) is 5.12. The van der Waals surface area contributed by atoms with Crippen LogP contribution in [0.3, 0.4) is 0 Å². The first-order valence-electron chi connectivity index (χ1n) is 5.84. The molecule has 0 bridgehead atoms. The topological polar surface area (TPSA) is 55.1 Å². The van der Waals surface area contributed by atoms with Crippen LogP contribution in [0, 0.1) is 5.92 Å². The normalized spacial score (nSPS) is 22.8. The lowest BCUT2D eigenvalue weighted by atomic mass is 10.1. The number of carbonyl (C=O) groups excluding carboxylic acids is 1. The summed E-state index contributed by atoms with van der Waals surface area (Å²) in [5, 5.41) is 2.93. The van der Waals surface area contributed by atoms with Crippen molar-refractivity contribution in [2.75, 3.05) is 6.54 Å². The second-order valence-electron chi connectivity index (χ2n) is 4.39. The average Bonchev–Trinajstić information content (AvgIpc) is 3.03. The molecule has 86 valence electrons. The summed E-state index contributed by atoms with van der Waals surface area (Å²) in [4.78, 5) is 11.4. The van der Waals surface area contributed by atoms with Crippen LogP contribution in [0.5, 0.6) is 0 Å². The summed E-state index contributed by atoms with van der Waals surface area (Å²) >= 11 is 0. The first-order chi connectivity index (χ1) is 7.77. The quantitative estimate of drug-likeness (QED) is 0.727. The van der Waals surface area contributed by atoms with Crippen molar-refractivity contribution in [1.82, 2.24) is 5.32 Å². The Morgan fingerprint density at radius 1 is 1.38 bits per heavy atom. The van der Waals surface area contributed by atoms with E-state index in [9.17, 15) is 4.79 Å². The summed E-state index contributed by atoms with van der Waals surface area (Å²) in [5.74, 6) is 0.206. The van der Waals surface area contributed by atoms with E-state index >= 15 is 0 Å². The summed E-state index contributed by atoms with van der Waals surface area (Å²) in [7, 11) is 0. The highest BCUT2D eigenvalue weighted by Crippen LogP contribution is 2.27. The number of rotatable bonds is 5. The summed E-state index contributed by atoms with van der Waals surface area (Å²) in [6, 6.07) is 10.4. The molecule has 3 nitrogen and oxygen atoms in total. The number of nitrogens with two attached hydrogens (primary N) is 1. The highest BCUT2D eigenvalue weighted by atomic mass is 16.2. The molecule has 0 aliphatic heterocycles. The van der Waals surface area contributed by atoms with Crippen LogP contribution in [0.25, 0.3) is 0 Å². The molecule has 16 heavy (non-hydrogen) atoms. The van der Waals surface area contributed by atoms with E-state index in [1.807, 2.05) is 18.2 Å². The lowest BCUT2D eigenvalue weighted by molar-refractivity contribution is -0.122. The van der Waals surface area contributed by atoms with Crippen molar-refractivity contribution in [3.63, 3.8) is 0 Å². The smallest absolute Gasteiger partial charge is 0.224 e. The zero-order valence-electron chi connectivity index (χ0n) is 9.36. The van der Waals surface area contributed by atoms with Crippen molar-refractivity contribution >= 4 is 5.91 Å². The van der Waals surface area contributed by atoms with Crippen molar-refractivity contribution in [2.24, 2.45) is 11.7 Å². The van der Waals surface area contributed by atoms with Gasteiger partial charge in [0.2, 0.25) is 5.91 Å². The van der Waals surface area contributed by atoms with E-state index < -0.39 is 0 Å². The Morgan fingerprint density at radius 3 is 2.69 bits per heavy atom. The SMILES string of the molecule is NC1CC1C(=O)NCCCc1ccccc1. The summed E-state index contributed by atoms with van der Waals surface area (Å²) < 4.78 is 0. The molecular formula is C13H18N2O. The lowest BCUT2D eigenvalue weighted by Crippen LogP contribution is -2.28. The van der Waals surface area contributed by atoms with Crippen LogP contribution in [0.4, 0.5) is 0 Å². The van der Waals surface area contributed by atoms with Gasteiger partial charge in [-0.15, -0.1) is 0 Å². The van der Waals surface area contributed by atoms with E-state index in [0.717, 1.165) is 25.8 Å². The third kappa shape index (κ3) is 3.07. The second-order valence-corrected chi connectivity index (χ2v) is 4.39. The fraction of sp³-hybridized carbons (Fsp3) is 0.462. The van der Waals surface area contributed by atoms with Crippen LogP contribution in [0.15, 0.2) is 30.3 Å². The molecule has 3 N–H and O–H groups in total. The molecule has 1 aromatic rings. The minimum Gasteiger partial charge on any atom is -0.356 e. The number of benzene rings is 1. The van der Waals surface area contributed by atoms with Gasteiger partial charge < -0.3 is 11.1 Å². The van der Waals surface area contributed by atoms with Gasteiger partial charge in [-0.05, 0) is 24.8 Å². The van der Waals surface area contributed by atoms with Gasteiger partial charge in [0.1, 0.15) is 0 Å². The van der Waals surface area contributed by atoms with Gasteiger partial charge in [-0.25, -0.2) is 0 Å². The van der Waals surface area contributed by atoms with Crippen LogP contribution in [-0.2, 0) is 11.2 Å². The molecule has 1 aliphatic carbocycles. The Labute approximate surface area is 96.0 Å². The van der Waals surface area contributed by atoms with Gasteiger partial charge in [0.15, 0.2) is 0 Å². The van der Waals surface area contributed by atoms with E-state index in [2.05, 4.69) is 17.4 Å². The van der Waals surface area contributed by atoms with Crippen LogP contribution in [-0.4, -0.2) is 18.5 Å². The van der Waals surface area contributed by atoms with Gasteiger partial charge in [0.25, 0.3) is 0 Å². The molecule has 0 radical (unpaired) electrons. The third-order valence-electron chi connectivity index (χ3n) is 2.96. The molecule has 2 unspecified atom stereocenters. The van der Waals surface area contributed by atoms with Gasteiger partial charge in [-0.2, -0.15) is 0 Å².